The van der Waals surface area contributed by atoms with Crippen LogP contribution in [0, 0.1) is 0 Å². The molecule has 5 rings (SSSR count). The highest BCUT2D eigenvalue weighted by Gasteiger charge is 2.54. The van der Waals surface area contributed by atoms with Gasteiger partial charge in [-0.3, -0.25) is 14.6 Å². The van der Waals surface area contributed by atoms with E-state index in [1.165, 1.54) is 21.9 Å². The maximum Gasteiger partial charge on any atom is 0.328 e. The van der Waals surface area contributed by atoms with Gasteiger partial charge in [0.2, 0.25) is 16.0 Å². The number of rotatable bonds is 4. The van der Waals surface area contributed by atoms with Gasteiger partial charge in [0.15, 0.2) is 12.2 Å². The van der Waals surface area contributed by atoms with Crippen LogP contribution in [0.15, 0.2) is 76.4 Å². The van der Waals surface area contributed by atoms with Crippen molar-refractivity contribution in [1.82, 2.24) is 14.7 Å². The van der Waals surface area contributed by atoms with Crippen molar-refractivity contribution < 1.29 is 18.0 Å². The van der Waals surface area contributed by atoms with E-state index in [0.717, 1.165) is 11.3 Å². The van der Waals surface area contributed by atoms with E-state index in [-0.39, 0.29) is 17.3 Å². The molecule has 2 atom stereocenters. The minimum Gasteiger partial charge on any atom is -0.302 e. The fraction of sp³-hybridized carbons (Fsp3) is 0.227. The number of carbonyl (C=O) groups is 2. The number of fused-ring (bicyclic) bond motifs is 3. The number of nitrogens with zero attached hydrogens (tertiary/aromatic N) is 5. The molecule has 2 N–H and O–H groups in total. The molecule has 3 amide bonds. The first-order valence-electron chi connectivity index (χ1n) is 10.3. The summed E-state index contributed by atoms with van der Waals surface area (Å²) < 4.78 is 23.2. The average Bonchev–Trinajstić information content (AvgIpc) is 3.30. The molecule has 0 saturated carbocycles. The molecule has 0 spiro atoms. The quantitative estimate of drug-likeness (QED) is 0.729. The van der Waals surface area contributed by atoms with Crippen LogP contribution in [0.25, 0.3) is 0 Å². The fourth-order valence-electron chi connectivity index (χ4n) is 4.37. The molecule has 0 bridgehead atoms. The van der Waals surface area contributed by atoms with E-state index >= 15 is 0 Å². The second-order valence-electron chi connectivity index (χ2n) is 8.14. The van der Waals surface area contributed by atoms with Gasteiger partial charge in [0.05, 0.1) is 11.4 Å². The first-order valence-corrected chi connectivity index (χ1v) is 11.8. The lowest BCUT2D eigenvalue weighted by Crippen LogP contribution is -2.63. The predicted molar refractivity (Wildman–Crippen MR) is 121 cm³/mol. The second kappa shape index (κ2) is 7.42. The molecule has 10 nitrogen and oxygen atoms in total. The second-order valence-corrected chi connectivity index (χ2v) is 9.70. The summed E-state index contributed by atoms with van der Waals surface area (Å²) in [6, 6.07) is 14.4. The third-order valence-electron chi connectivity index (χ3n) is 5.99. The molecule has 2 aromatic rings. The van der Waals surface area contributed by atoms with E-state index in [0.29, 0.717) is 11.6 Å². The van der Waals surface area contributed by atoms with Gasteiger partial charge in [0.1, 0.15) is 0 Å². The molecule has 170 valence electrons. The number of primary sulfonamides is 1. The summed E-state index contributed by atoms with van der Waals surface area (Å²) in [7, 11) is -2.17. The van der Waals surface area contributed by atoms with Crippen molar-refractivity contribution in [3.63, 3.8) is 0 Å². The number of sulfonamides is 1. The maximum absolute atomic E-state index is 13.4. The van der Waals surface area contributed by atoms with Crippen LogP contribution in [0.1, 0.15) is 12.5 Å². The number of likely N-dealkylation sites (N-methyl/N-ethyl adjacent to an activating group) is 1. The molecular weight excluding hydrogens is 444 g/mol. The van der Waals surface area contributed by atoms with Crippen LogP contribution in [0.5, 0.6) is 0 Å². The van der Waals surface area contributed by atoms with E-state index in [1.807, 2.05) is 48.4 Å². The van der Waals surface area contributed by atoms with Gasteiger partial charge in [-0.15, -0.1) is 0 Å². The number of benzene rings is 2. The highest BCUT2D eigenvalue weighted by Crippen LogP contribution is 2.37. The molecule has 1 fully saturated rings. The summed E-state index contributed by atoms with van der Waals surface area (Å²) >= 11 is 0. The Morgan fingerprint density at radius 2 is 1.70 bits per heavy atom. The van der Waals surface area contributed by atoms with Crippen molar-refractivity contribution in [1.29, 1.82) is 0 Å². The molecule has 33 heavy (non-hydrogen) atoms. The first-order chi connectivity index (χ1) is 15.7. The zero-order valence-electron chi connectivity index (χ0n) is 18.0. The van der Waals surface area contributed by atoms with Crippen LogP contribution in [0.4, 0.5) is 10.5 Å². The summed E-state index contributed by atoms with van der Waals surface area (Å²) in [5, 5.41) is 5.20. The molecular formula is C22H22N6O4S. The fourth-order valence-corrected chi connectivity index (χ4v) is 4.88. The monoisotopic (exact) mass is 466 g/mol. The number of hydrogen-bond donors (Lipinski definition) is 1. The van der Waals surface area contributed by atoms with Crippen LogP contribution in [0.2, 0.25) is 0 Å². The molecule has 0 aromatic heterocycles. The largest absolute Gasteiger partial charge is 0.328 e. The number of anilines is 1. The van der Waals surface area contributed by atoms with E-state index in [4.69, 9.17) is 10.1 Å². The van der Waals surface area contributed by atoms with Gasteiger partial charge in [-0.25, -0.2) is 23.3 Å². The van der Waals surface area contributed by atoms with E-state index in [9.17, 15) is 18.0 Å². The molecule has 3 aliphatic rings. The Hall–Kier alpha value is -3.70. The van der Waals surface area contributed by atoms with Crippen molar-refractivity contribution in [3.05, 3.63) is 72.1 Å². The third kappa shape index (κ3) is 3.36. The Kier molecular flexibility index (Phi) is 4.76. The van der Waals surface area contributed by atoms with Gasteiger partial charge in [-0.1, -0.05) is 30.3 Å². The van der Waals surface area contributed by atoms with Gasteiger partial charge in [0, 0.05) is 24.6 Å². The lowest BCUT2D eigenvalue weighted by Gasteiger charge is -2.40. The van der Waals surface area contributed by atoms with Crippen LogP contribution in [0.3, 0.4) is 0 Å². The number of urea groups is 1. The van der Waals surface area contributed by atoms with Gasteiger partial charge in [0.25, 0.3) is 5.91 Å². The van der Waals surface area contributed by atoms with Crippen molar-refractivity contribution >= 4 is 33.6 Å². The zero-order chi connectivity index (χ0) is 23.5. The number of hydrogen-bond acceptors (Lipinski definition) is 7. The van der Waals surface area contributed by atoms with Crippen LogP contribution >= 0.6 is 0 Å². The molecule has 3 aliphatic heterocycles. The standard InChI is InChI=1S/C22H22N6O4S/c1-14-12-26-18-19(24-21(26)28(14)16-8-10-17(11-9-16)33(23,31)32)25(2)22(30)27(20(18)29)13-15-6-4-3-5-7-15/h3-12,18-19H,13H2,1-2H3,(H2,23,31,32). The highest BCUT2D eigenvalue weighted by atomic mass is 32.2. The number of carbonyl (C=O) groups excluding carboxylic acids is 2. The number of aliphatic imine (C=N–C) groups is 1. The SMILES string of the molecule is CC1=CN2C(=NC3C2C(=O)N(Cc2ccccc2)C(=O)N3C)N1c1ccc(S(N)(=O)=O)cc1. The Labute approximate surface area is 191 Å². The van der Waals surface area contributed by atoms with Gasteiger partial charge < -0.3 is 9.80 Å². The van der Waals surface area contributed by atoms with Gasteiger partial charge in [-0.05, 0) is 36.8 Å². The number of guanidine groups is 1. The molecule has 0 aliphatic carbocycles. The lowest BCUT2D eigenvalue weighted by atomic mass is 10.1. The Morgan fingerprint density at radius 3 is 2.33 bits per heavy atom. The first kappa shape index (κ1) is 21.2. The van der Waals surface area contributed by atoms with Crippen LogP contribution in [-0.4, -0.2) is 60.3 Å². The average molecular weight is 467 g/mol. The van der Waals surface area contributed by atoms with Gasteiger partial charge in [-0.2, -0.15) is 0 Å². The lowest BCUT2D eigenvalue weighted by molar-refractivity contribution is -0.137. The highest BCUT2D eigenvalue weighted by molar-refractivity contribution is 7.89. The normalized spacial score (nSPS) is 22.4. The number of allylic oxidation sites excluding steroid dienone is 1. The number of imide groups is 1. The van der Waals surface area contributed by atoms with E-state index in [2.05, 4.69) is 0 Å². The topological polar surface area (TPSA) is 120 Å². The minimum absolute atomic E-state index is 0.00280. The van der Waals surface area contributed by atoms with Crippen molar-refractivity contribution in [2.24, 2.45) is 10.1 Å². The summed E-state index contributed by atoms with van der Waals surface area (Å²) in [6.07, 6.45) is 1.15. The van der Waals surface area contributed by atoms with Gasteiger partial charge >= 0.3 is 6.03 Å². The number of amides is 3. The zero-order valence-corrected chi connectivity index (χ0v) is 18.8. The van der Waals surface area contributed by atoms with E-state index < -0.39 is 28.3 Å². The van der Waals surface area contributed by atoms with Crippen LogP contribution in [-0.2, 0) is 21.4 Å². The van der Waals surface area contributed by atoms with Crippen LogP contribution < -0.4 is 10.0 Å². The Balaban J connectivity index is 1.46. The maximum atomic E-state index is 13.4. The summed E-state index contributed by atoms with van der Waals surface area (Å²) in [4.78, 5) is 37.5. The predicted octanol–water partition coefficient (Wildman–Crippen LogP) is 1.48. The Morgan fingerprint density at radius 1 is 1.03 bits per heavy atom. The van der Waals surface area contributed by atoms with Crippen molar-refractivity contribution in [3.8, 4) is 0 Å². The molecule has 3 heterocycles. The molecule has 11 heteroatoms. The molecule has 0 radical (unpaired) electrons. The summed E-state index contributed by atoms with van der Waals surface area (Å²) in [6.45, 7) is 2.05. The molecule has 1 saturated heterocycles. The molecule has 2 unspecified atom stereocenters. The minimum atomic E-state index is -3.81. The summed E-state index contributed by atoms with van der Waals surface area (Å²) in [5.41, 5.74) is 2.33. The Bertz CT molecular complexity index is 1310. The third-order valence-corrected chi connectivity index (χ3v) is 6.92. The van der Waals surface area contributed by atoms with E-state index in [1.54, 1.807) is 24.1 Å². The molecule has 2 aromatic carbocycles. The smallest absolute Gasteiger partial charge is 0.302 e. The van der Waals surface area contributed by atoms with Crippen molar-refractivity contribution in [2.45, 2.75) is 30.6 Å². The number of nitrogens with two attached hydrogens (primary N) is 1. The summed E-state index contributed by atoms with van der Waals surface area (Å²) in [5.74, 6) is 0.182. The van der Waals surface area contributed by atoms with Crippen molar-refractivity contribution in [2.75, 3.05) is 11.9 Å².